The number of nitrogens with zero attached hydrogens (tertiary/aromatic N) is 3. The number of hydrogen-bond donors (Lipinski definition) is 1. The van der Waals surface area contributed by atoms with Crippen LogP contribution < -0.4 is 5.43 Å². The SMILES string of the molecule is O=C(NN=Cc1cccnc1)N(Cc1ccccc1)Cc1ccccc1. The molecule has 5 heteroatoms. The van der Waals surface area contributed by atoms with Gasteiger partial charge in [-0.3, -0.25) is 4.98 Å². The van der Waals surface area contributed by atoms with Gasteiger partial charge in [0.25, 0.3) is 0 Å². The van der Waals surface area contributed by atoms with Crippen molar-refractivity contribution in [2.24, 2.45) is 5.10 Å². The third-order valence-corrected chi connectivity index (χ3v) is 3.78. The molecule has 3 rings (SSSR count). The summed E-state index contributed by atoms with van der Waals surface area (Å²) in [7, 11) is 0. The van der Waals surface area contributed by atoms with E-state index in [9.17, 15) is 4.79 Å². The van der Waals surface area contributed by atoms with Crippen molar-refractivity contribution in [3.8, 4) is 0 Å². The summed E-state index contributed by atoms with van der Waals surface area (Å²) < 4.78 is 0. The Bertz CT molecular complexity index is 794. The molecule has 3 aromatic rings. The van der Waals surface area contributed by atoms with Gasteiger partial charge in [-0.1, -0.05) is 66.7 Å². The first-order valence-corrected chi connectivity index (χ1v) is 8.37. The van der Waals surface area contributed by atoms with Crippen molar-refractivity contribution in [1.82, 2.24) is 15.3 Å². The molecule has 2 aromatic carbocycles. The minimum Gasteiger partial charge on any atom is -0.315 e. The van der Waals surface area contributed by atoms with Crippen molar-refractivity contribution in [1.29, 1.82) is 0 Å². The first-order chi connectivity index (χ1) is 12.8. The van der Waals surface area contributed by atoms with Gasteiger partial charge in [0.1, 0.15) is 0 Å². The van der Waals surface area contributed by atoms with E-state index in [0.717, 1.165) is 16.7 Å². The lowest BCUT2D eigenvalue weighted by Gasteiger charge is -2.22. The first kappa shape index (κ1) is 17.4. The van der Waals surface area contributed by atoms with Gasteiger partial charge in [0.15, 0.2) is 0 Å². The number of carbonyl (C=O) groups excluding carboxylic acids is 1. The minimum absolute atomic E-state index is 0.252. The average Bonchev–Trinajstić information content (AvgIpc) is 2.70. The topological polar surface area (TPSA) is 57.6 Å². The van der Waals surface area contributed by atoms with Crippen molar-refractivity contribution in [3.05, 3.63) is 102 Å². The van der Waals surface area contributed by atoms with Crippen LogP contribution in [0, 0.1) is 0 Å². The Labute approximate surface area is 153 Å². The van der Waals surface area contributed by atoms with Crippen molar-refractivity contribution in [3.63, 3.8) is 0 Å². The molecule has 1 heterocycles. The smallest absolute Gasteiger partial charge is 0.315 e. The molecule has 0 saturated heterocycles. The molecule has 0 bridgehead atoms. The lowest BCUT2D eigenvalue weighted by Crippen LogP contribution is -2.36. The zero-order chi connectivity index (χ0) is 18.0. The van der Waals surface area contributed by atoms with Crippen molar-refractivity contribution >= 4 is 12.2 Å². The molecule has 0 aliphatic rings. The van der Waals surface area contributed by atoms with Gasteiger partial charge < -0.3 is 4.90 Å². The number of aromatic nitrogens is 1. The van der Waals surface area contributed by atoms with Gasteiger partial charge in [0.2, 0.25) is 0 Å². The third-order valence-electron chi connectivity index (χ3n) is 3.78. The number of carbonyl (C=O) groups is 1. The summed E-state index contributed by atoms with van der Waals surface area (Å²) in [5.74, 6) is 0. The summed E-state index contributed by atoms with van der Waals surface area (Å²) in [6.07, 6.45) is 4.95. The van der Waals surface area contributed by atoms with Gasteiger partial charge in [-0.2, -0.15) is 5.10 Å². The molecule has 0 spiro atoms. The molecule has 0 radical (unpaired) electrons. The first-order valence-electron chi connectivity index (χ1n) is 8.37. The van der Waals surface area contributed by atoms with E-state index in [0.29, 0.717) is 13.1 Å². The van der Waals surface area contributed by atoms with E-state index in [4.69, 9.17) is 0 Å². The number of benzene rings is 2. The highest BCUT2D eigenvalue weighted by Crippen LogP contribution is 2.10. The predicted molar refractivity (Wildman–Crippen MR) is 102 cm³/mol. The summed E-state index contributed by atoms with van der Waals surface area (Å²) in [6.45, 7) is 1.01. The predicted octanol–water partition coefficient (Wildman–Crippen LogP) is 3.83. The van der Waals surface area contributed by atoms with E-state index < -0.39 is 0 Å². The Hall–Kier alpha value is -3.47. The van der Waals surface area contributed by atoms with Crippen LogP contribution in [0.25, 0.3) is 0 Å². The second-order valence-corrected chi connectivity index (χ2v) is 5.79. The van der Waals surface area contributed by atoms with Crippen LogP contribution in [0.5, 0.6) is 0 Å². The van der Waals surface area contributed by atoms with E-state index in [1.807, 2.05) is 72.8 Å². The number of amides is 2. The summed E-state index contributed by atoms with van der Waals surface area (Å²) >= 11 is 0. The number of nitrogens with one attached hydrogen (secondary N) is 1. The summed E-state index contributed by atoms with van der Waals surface area (Å²) in [6, 6.07) is 23.2. The molecule has 0 aliphatic heterocycles. The molecule has 5 nitrogen and oxygen atoms in total. The summed E-state index contributed by atoms with van der Waals surface area (Å²) in [4.78, 5) is 18.4. The Balaban J connectivity index is 1.69. The Morgan fingerprint density at radius 3 is 2.08 bits per heavy atom. The molecule has 0 fully saturated rings. The zero-order valence-electron chi connectivity index (χ0n) is 14.3. The molecule has 0 unspecified atom stereocenters. The average molecular weight is 344 g/mol. The maximum Gasteiger partial charge on any atom is 0.338 e. The largest absolute Gasteiger partial charge is 0.338 e. The second-order valence-electron chi connectivity index (χ2n) is 5.79. The van der Waals surface area contributed by atoms with Gasteiger partial charge in [-0.15, -0.1) is 0 Å². The van der Waals surface area contributed by atoms with Crippen molar-refractivity contribution in [2.45, 2.75) is 13.1 Å². The maximum atomic E-state index is 12.6. The fourth-order valence-electron chi connectivity index (χ4n) is 2.49. The molecule has 1 N–H and O–H groups in total. The van der Waals surface area contributed by atoms with Crippen molar-refractivity contribution in [2.75, 3.05) is 0 Å². The monoisotopic (exact) mass is 344 g/mol. The highest BCUT2D eigenvalue weighted by molar-refractivity contribution is 5.81. The van der Waals surface area contributed by atoms with E-state index in [-0.39, 0.29) is 6.03 Å². The van der Waals surface area contributed by atoms with Gasteiger partial charge in [-0.05, 0) is 17.2 Å². The Morgan fingerprint density at radius 1 is 0.923 bits per heavy atom. The summed E-state index contributed by atoms with van der Waals surface area (Å²) in [5, 5.41) is 4.04. The Kier molecular flexibility index (Phi) is 6.09. The Morgan fingerprint density at radius 2 is 1.54 bits per heavy atom. The van der Waals surface area contributed by atoms with Crippen LogP contribution in [0.1, 0.15) is 16.7 Å². The molecular weight excluding hydrogens is 324 g/mol. The quantitative estimate of drug-likeness (QED) is 0.546. The van der Waals surface area contributed by atoms with Gasteiger partial charge in [0, 0.05) is 31.0 Å². The number of hydrogen-bond acceptors (Lipinski definition) is 3. The molecule has 0 atom stereocenters. The normalized spacial score (nSPS) is 10.6. The highest BCUT2D eigenvalue weighted by Gasteiger charge is 2.14. The standard InChI is InChI=1S/C21H20N4O/c26-21(24-23-15-20-12-7-13-22-14-20)25(16-18-8-3-1-4-9-18)17-19-10-5-2-6-11-19/h1-15H,16-17H2,(H,24,26). The maximum absolute atomic E-state index is 12.6. The van der Waals surface area contributed by atoms with E-state index in [2.05, 4.69) is 15.5 Å². The summed E-state index contributed by atoms with van der Waals surface area (Å²) in [5.41, 5.74) is 5.55. The lowest BCUT2D eigenvalue weighted by atomic mass is 10.2. The fourth-order valence-corrected chi connectivity index (χ4v) is 2.49. The molecule has 0 aliphatic carbocycles. The van der Waals surface area contributed by atoms with Crippen LogP contribution >= 0.6 is 0 Å². The minimum atomic E-state index is -0.252. The van der Waals surface area contributed by atoms with Gasteiger partial charge in [0.05, 0.1) is 6.21 Å². The van der Waals surface area contributed by atoms with Crippen LogP contribution in [0.4, 0.5) is 4.79 Å². The number of hydrazone groups is 1. The molecular formula is C21H20N4O. The van der Waals surface area contributed by atoms with Gasteiger partial charge >= 0.3 is 6.03 Å². The second kappa shape index (κ2) is 9.13. The molecule has 0 saturated carbocycles. The molecule has 130 valence electrons. The number of pyridine rings is 1. The van der Waals surface area contributed by atoms with Gasteiger partial charge in [-0.25, -0.2) is 10.2 Å². The zero-order valence-corrected chi connectivity index (χ0v) is 14.3. The van der Waals surface area contributed by atoms with Crippen LogP contribution in [-0.2, 0) is 13.1 Å². The van der Waals surface area contributed by atoms with Crippen LogP contribution in [0.2, 0.25) is 0 Å². The van der Waals surface area contributed by atoms with E-state index in [1.54, 1.807) is 23.5 Å². The van der Waals surface area contributed by atoms with E-state index >= 15 is 0 Å². The highest BCUT2D eigenvalue weighted by atomic mass is 16.2. The lowest BCUT2D eigenvalue weighted by molar-refractivity contribution is 0.193. The molecule has 1 aromatic heterocycles. The number of urea groups is 1. The van der Waals surface area contributed by atoms with Crippen LogP contribution in [-0.4, -0.2) is 22.1 Å². The fraction of sp³-hybridized carbons (Fsp3) is 0.0952. The third kappa shape index (κ3) is 5.27. The number of rotatable bonds is 6. The van der Waals surface area contributed by atoms with Crippen LogP contribution in [0.15, 0.2) is 90.3 Å². The molecule has 26 heavy (non-hydrogen) atoms. The molecule has 2 amide bonds. The van der Waals surface area contributed by atoms with E-state index in [1.165, 1.54) is 0 Å². The van der Waals surface area contributed by atoms with Crippen molar-refractivity contribution < 1.29 is 4.79 Å². The van der Waals surface area contributed by atoms with Crippen LogP contribution in [0.3, 0.4) is 0 Å².